The van der Waals surface area contributed by atoms with Gasteiger partial charge < -0.3 is 57.0 Å². The lowest BCUT2D eigenvalue weighted by molar-refractivity contribution is -0.0769. The summed E-state index contributed by atoms with van der Waals surface area (Å²) in [5, 5.41) is 0. The minimum atomic E-state index is -4.93. The summed E-state index contributed by atoms with van der Waals surface area (Å²) in [5.41, 5.74) is 0. The Hall–Kier alpha value is 0.348. The van der Waals surface area contributed by atoms with E-state index in [-0.39, 0.29) is 59.5 Å². The number of hydrogen-bond donors (Lipinski definition) is 1. The van der Waals surface area contributed by atoms with Crippen LogP contribution in [0, 0.1) is 0 Å². The van der Waals surface area contributed by atoms with Crippen molar-refractivity contribution in [2.24, 2.45) is 0 Å². The van der Waals surface area contributed by atoms with Crippen LogP contribution in [0.1, 0.15) is 62.3 Å². The number of rotatable bonds is 24. The lowest BCUT2D eigenvalue weighted by Crippen LogP contribution is -2.70. The average molecular weight is 583 g/mol. The van der Waals surface area contributed by atoms with Crippen LogP contribution in [0.15, 0.2) is 0 Å². The van der Waals surface area contributed by atoms with Gasteiger partial charge in [0, 0.05) is 59.5 Å². The highest BCUT2D eigenvalue weighted by molar-refractivity contribution is 6.78. The van der Waals surface area contributed by atoms with Crippen LogP contribution in [0.4, 0.5) is 0 Å². The van der Waals surface area contributed by atoms with E-state index in [0.717, 1.165) is 0 Å². The fraction of sp³-hybridized carbons (Fsp3) is 1.00. The van der Waals surface area contributed by atoms with Crippen LogP contribution in [0.2, 0.25) is 0 Å². The van der Waals surface area contributed by atoms with E-state index in [9.17, 15) is 4.80 Å². The Balaban J connectivity index is 6.72. The van der Waals surface area contributed by atoms with Gasteiger partial charge in [-0.2, -0.15) is 0 Å². The molecule has 0 aromatic rings. The Bertz CT molecular complexity index is 414. The Labute approximate surface area is 215 Å². The van der Waals surface area contributed by atoms with Gasteiger partial charge in [-0.05, 0) is 62.3 Å². The molecule has 0 heterocycles. The van der Waals surface area contributed by atoms with E-state index in [1.165, 1.54) is 0 Å². The maximum absolute atomic E-state index is 11.9. The van der Waals surface area contributed by atoms with E-state index < -0.39 is 36.2 Å². The summed E-state index contributed by atoms with van der Waals surface area (Å²) in [5.74, 6) is 0. The normalized spacial score (nSPS) is 13.5. The summed E-state index contributed by atoms with van der Waals surface area (Å²) in [6.07, 6.45) is 0. The molecule has 212 valence electrons. The second kappa shape index (κ2) is 18.6. The first-order valence-electron chi connectivity index (χ1n) is 12.2. The van der Waals surface area contributed by atoms with E-state index in [1.54, 1.807) is 62.3 Å². The van der Waals surface area contributed by atoms with Gasteiger partial charge in [-0.25, -0.2) is 0 Å². The Morgan fingerprint density at radius 3 is 0.600 bits per heavy atom. The molecule has 0 aliphatic rings. The molecule has 0 aliphatic heterocycles. The summed E-state index contributed by atoms with van der Waals surface area (Å²) in [4.78, 5) is 11.9. The molecule has 0 aromatic carbocycles. The lowest BCUT2D eigenvalue weighted by atomic mass is 10.9. The molecule has 0 spiro atoms. The maximum atomic E-state index is 11.9. The first-order chi connectivity index (χ1) is 16.7. The summed E-state index contributed by atoms with van der Waals surface area (Å²) < 4.78 is 70.1. The second-order valence-electron chi connectivity index (χ2n) is 6.23. The van der Waals surface area contributed by atoms with E-state index in [0.29, 0.717) is 0 Å². The first kappa shape index (κ1) is 35.3. The highest BCUT2D eigenvalue weighted by Gasteiger charge is 2.68. The second-order valence-corrected chi connectivity index (χ2v) is 15.3. The number of hydrogen-bond acceptors (Lipinski definition) is 13. The van der Waals surface area contributed by atoms with Gasteiger partial charge in [-0.1, -0.05) is 0 Å². The van der Waals surface area contributed by atoms with Crippen LogP contribution in [0.25, 0.3) is 0 Å². The third-order valence-corrected chi connectivity index (χ3v) is 15.5. The third kappa shape index (κ3) is 12.2. The topological polar surface area (TPSA) is 131 Å². The van der Waals surface area contributed by atoms with Gasteiger partial charge in [0.05, 0.1) is 0 Å². The zero-order valence-electron chi connectivity index (χ0n) is 22.7. The van der Waals surface area contributed by atoms with Gasteiger partial charge in [0.15, 0.2) is 0 Å². The van der Waals surface area contributed by atoms with E-state index in [2.05, 4.69) is 0 Å². The minimum Gasteiger partial charge on any atom is -0.369 e. The molecule has 0 amide bonds. The van der Waals surface area contributed by atoms with Crippen molar-refractivity contribution in [3.63, 3.8) is 0 Å². The van der Waals surface area contributed by atoms with Gasteiger partial charge in [0.1, 0.15) is 0 Å². The van der Waals surface area contributed by atoms with Crippen molar-refractivity contribution >= 4 is 36.2 Å². The van der Waals surface area contributed by atoms with Gasteiger partial charge in [-0.3, -0.25) is 0 Å². The van der Waals surface area contributed by atoms with Crippen molar-refractivity contribution in [1.29, 1.82) is 0 Å². The molecule has 0 fully saturated rings. The molecule has 0 aliphatic carbocycles. The summed E-state index contributed by atoms with van der Waals surface area (Å²) >= 11 is 0. The van der Waals surface area contributed by atoms with Crippen LogP contribution in [-0.4, -0.2) is 100 Å². The maximum Gasteiger partial charge on any atom is 0.673 e. The van der Waals surface area contributed by atoms with Crippen molar-refractivity contribution in [3.8, 4) is 0 Å². The SMILES string of the molecule is CCO[Si](OCC)(OCC)O[Si](O)(O[Si](OCC)(OCC)OCC)O[Si](OCC)(OCC)OCC. The van der Waals surface area contributed by atoms with Crippen molar-refractivity contribution in [2.75, 3.05) is 59.5 Å². The molecule has 0 unspecified atom stereocenters. The highest BCUT2D eigenvalue weighted by Crippen LogP contribution is 2.28. The Kier molecular flexibility index (Phi) is 18.8. The molecule has 0 aromatic heterocycles. The highest BCUT2D eigenvalue weighted by atomic mass is 28.5. The van der Waals surface area contributed by atoms with Crippen LogP contribution in [0.3, 0.4) is 0 Å². The molecule has 0 rings (SSSR count). The molecule has 0 atom stereocenters. The standard InChI is InChI=1S/C18H46O13Si4/c1-10-20-33(21-11-2,22-12-3)29-32(19,30-34(23-13-4,24-14-5)25-15-6)31-35(26-16-7,27-17-8)28-18-9/h19H,10-18H2,1-9H3. The molecule has 0 radical (unpaired) electrons. The fourth-order valence-electron chi connectivity index (χ4n) is 2.77. The predicted molar refractivity (Wildman–Crippen MR) is 133 cm³/mol. The summed E-state index contributed by atoms with van der Waals surface area (Å²) in [7, 11) is -16.9. The Morgan fingerprint density at radius 1 is 0.343 bits per heavy atom. The molecule has 35 heavy (non-hydrogen) atoms. The van der Waals surface area contributed by atoms with Crippen LogP contribution in [0.5, 0.6) is 0 Å². The summed E-state index contributed by atoms with van der Waals surface area (Å²) in [6, 6.07) is 0. The minimum absolute atomic E-state index is 0.173. The molecular formula is C18H46O13Si4. The smallest absolute Gasteiger partial charge is 0.369 e. The molecule has 0 bridgehead atoms. The predicted octanol–water partition coefficient (Wildman–Crippen LogP) is 2.10. The quantitative estimate of drug-likeness (QED) is 0.167. The molecule has 13 nitrogen and oxygen atoms in total. The third-order valence-electron chi connectivity index (χ3n) is 3.65. The monoisotopic (exact) mass is 582 g/mol. The molecule has 0 saturated heterocycles. The molecular weight excluding hydrogens is 537 g/mol. The Morgan fingerprint density at radius 2 is 0.486 bits per heavy atom. The van der Waals surface area contributed by atoms with Crippen molar-refractivity contribution < 1.29 is 57.0 Å². The fourth-order valence-corrected chi connectivity index (χ4v) is 14.2. The van der Waals surface area contributed by atoms with Gasteiger partial charge >= 0.3 is 36.2 Å². The zero-order valence-corrected chi connectivity index (χ0v) is 26.7. The first-order valence-corrected chi connectivity index (χ1v) is 18.8. The summed E-state index contributed by atoms with van der Waals surface area (Å²) in [6.45, 7) is 17.2. The average Bonchev–Trinajstić information content (AvgIpc) is 2.75. The van der Waals surface area contributed by atoms with E-state index >= 15 is 0 Å². The van der Waals surface area contributed by atoms with E-state index in [1.807, 2.05) is 0 Å². The lowest BCUT2D eigenvalue weighted by Gasteiger charge is -2.39. The van der Waals surface area contributed by atoms with E-state index in [4.69, 9.17) is 52.2 Å². The van der Waals surface area contributed by atoms with Crippen molar-refractivity contribution in [2.45, 2.75) is 62.3 Å². The van der Waals surface area contributed by atoms with Crippen molar-refractivity contribution in [3.05, 3.63) is 0 Å². The van der Waals surface area contributed by atoms with Gasteiger partial charge in [0.2, 0.25) is 0 Å². The van der Waals surface area contributed by atoms with Gasteiger partial charge in [-0.15, -0.1) is 0 Å². The van der Waals surface area contributed by atoms with Crippen LogP contribution >= 0.6 is 0 Å². The zero-order chi connectivity index (χ0) is 26.8. The van der Waals surface area contributed by atoms with Crippen LogP contribution in [-0.2, 0) is 52.2 Å². The molecule has 17 heteroatoms. The van der Waals surface area contributed by atoms with Crippen molar-refractivity contribution in [1.82, 2.24) is 0 Å². The molecule has 1 N–H and O–H groups in total. The van der Waals surface area contributed by atoms with Gasteiger partial charge in [0.25, 0.3) is 0 Å². The van der Waals surface area contributed by atoms with Crippen LogP contribution < -0.4 is 0 Å². The molecule has 0 saturated carbocycles. The largest absolute Gasteiger partial charge is 0.673 e.